The largest absolute Gasteiger partial charge is 0.364 e. The Balaban J connectivity index is 2.44. The normalized spacial score (nSPS) is 11.4. The lowest BCUT2D eigenvalue weighted by Crippen LogP contribution is -2.29. The fraction of sp³-hybridized carbons (Fsp3) is 0.182. The molecule has 0 aromatic heterocycles. The molecule has 1 rings (SSSR count). The van der Waals surface area contributed by atoms with Crippen LogP contribution in [0.2, 0.25) is 0 Å². The van der Waals surface area contributed by atoms with E-state index in [2.05, 4.69) is 42.3 Å². The van der Waals surface area contributed by atoms with Gasteiger partial charge in [0.15, 0.2) is 5.11 Å². The molecule has 0 radical (unpaired) electrons. The molecule has 0 fully saturated rings. The Morgan fingerprint density at radius 1 is 1.33 bits per heavy atom. The Kier molecular flexibility index (Phi) is 6.31. The zero-order chi connectivity index (χ0) is 13.4. The number of hydrogen-bond donors (Lipinski definition) is 3. The molecule has 1 aromatic carbocycles. The van der Waals surface area contributed by atoms with E-state index in [9.17, 15) is 0 Å². The Hall–Kier alpha value is -1.47. The van der Waals surface area contributed by atoms with Crippen LogP contribution in [0.25, 0.3) is 0 Å². The molecule has 0 atom stereocenters. The fourth-order valence-corrected chi connectivity index (χ4v) is 1.26. The number of benzene rings is 1. The quantitative estimate of drug-likeness (QED) is 0.451. The van der Waals surface area contributed by atoms with Gasteiger partial charge in [-0.05, 0) is 43.4 Å². The molecule has 1 aromatic rings. The summed E-state index contributed by atoms with van der Waals surface area (Å²) in [6, 6.07) is 7.71. The molecule has 0 aliphatic rings. The van der Waals surface area contributed by atoms with Crippen LogP contribution >= 0.6 is 28.1 Å². The lowest BCUT2D eigenvalue weighted by molar-refractivity contribution is 0.977. The molecule has 0 unspecified atom stereocenters. The first-order valence-electron chi connectivity index (χ1n) is 5.18. The van der Waals surface area contributed by atoms with E-state index in [1.165, 1.54) is 0 Å². The lowest BCUT2D eigenvalue weighted by Gasteiger charge is -2.01. The summed E-state index contributed by atoms with van der Waals surface area (Å²) in [4.78, 5) is 0. The van der Waals surface area contributed by atoms with Gasteiger partial charge in [-0.1, -0.05) is 15.9 Å². The number of rotatable bonds is 4. The Bertz CT molecular complexity index is 455. The van der Waals surface area contributed by atoms with Gasteiger partial charge in [-0.2, -0.15) is 10.2 Å². The Morgan fingerprint density at radius 2 is 2.00 bits per heavy atom. The summed E-state index contributed by atoms with van der Waals surface area (Å²) in [6.45, 7) is 1.82. The fourth-order valence-electron chi connectivity index (χ4n) is 0.948. The highest BCUT2D eigenvalue weighted by Crippen LogP contribution is 2.13. The minimum Gasteiger partial charge on any atom is -0.364 e. The van der Waals surface area contributed by atoms with Gasteiger partial charge in [-0.3, -0.25) is 10.9 Å². The van der Waals surface area contributed by atoms with Crippen molar-refractivity contribution < 1.29 is 0 Å². The molecular formula is C11H14BrN5S. The van der Waals surface area contributed by atoms with Crippen molar-refractivity contribution in [2.45, 2.75) is 6.92 Å². The maximum Gasteiger partial charge on any atom is 0.186 e. The van der Waals surface area contributed by atoms with Crippen LogP contribution in [0.5, 0.6) is 0 Å². The first-order valence-corrected chi connectivity index (χ1v) is 6.38. The molecule has 0 amide bonds. The molecule has 0 heterocycles. The van der Waals surface area contributed by atoms with Crippen LogP contribution in [0.15, 0.2) is 38.9 Å². The SMILES string of the molecule is CNC(=S)NN=C(C)C=NNc1ccc(Br)cc1. The van der Waals surface area contributed by atoms with Crippen LogP contribution in [-0.4, -0.2) is 24.1 Å². The zero-order valence-corrected chi connectivity index (χ0v) is 12.5. The third-order valence-electron chi connectivity index (χ3n) is 1.85. The first kappa shape index (κ1) is 14.6. The van der Waals surface area contributed by atoms with Gasteiger partial charge in [0.2, 0.25) is 0 Å². The van der Waals surface area contributed by atoms with Gasteiger partial charge in [0.25, 0.3) is 0 Å². The number of anilines is 1. The van der Waals surface area contributed by atoms with E-state index in [-0.39, 0.29) is 0 Å². The zero-order valence-electron chi connectivity index (χ0n) is 10.1. The predicted molar refractivity (Wildman–Crippen MR) is 84.2 cm³/mol. The topological polar surface area (TPSA) is 60.8 Å². The minimum atomic E-state index is 0.462. The third kappa shape index (κ3) is 5.74. The summed E-state index contributed by atoms with van der Waals surface area (Å²) in [6.07, 6.45) is 1.60. The van der Waals surface area contributed by atoms with Crippen molar-refractivity contribution in [2.75, 3.05) is 12.5 Å². The van der Waals surface area contributed by atoms with E-state index >= 15 is 0 Å². The van der Waals surface area contributed by atoms with E-state index in [0.29, 0.717) is 10.8 Å². The van der Waals surface area contributed by atoms with Gasteiger partial charge >= 0.3 is 0 Å². The van der Waals surface area contributed by atoms with Crippen molar-refractivity contribution in [1.82, 2.24) is 10.7 Å². The average Bonchev–Trinajstić information content (AvgIpc) is 2.38. The Morgan fingerprint density at radius 3 is 2.61 bits per heavy atom. The van der Waals surface area contributed by atoms with Crippen molar-refractivity contribution >= 4 is 50.9 Å². The van der Waals surface area contributed by atoms with Crippen LogP contribution in [0.3, 0.4) is 0 Å². The molecule has 7 heteroatoms. The van der Waals surface area contributed by atoms with Crippen LogP contribution in [0, 0.1) is 0 Å². The molecule has 18 heavy (non-hydrogen) atoms. The maximum absolute atomic E-state index is 4.88. The molecule has 0 aliphatic carbocycles. The van der Waals surface area contributed by atoms with Crippen LogP contribution in [0.4, 0.5) is 5.69 Å². The van der Waals surface area contributed by atoms with Crippen molar-refractivity contribution in [3.63, 3.8) is 0 Å². The highest BCUT2D eigenvalue weighted by atomic mass is 79.9. The second-order valence-electron chi connectivity index (χ2n) is 3.32. The second-order valence-corrected chi connectivity index (χ2v) is 4.64. The second kappa shape index (κ2) is 7.78. The van der Waals surface area contributed by atoms with Crippen molar-refractivity contribution in [2.24, 2.45) is 10.2 Å². The smallest absolute Gasteiger partial charge is 0.186 e. The van der Waals surface area contributed by atoms with Gasteiger partial charge in [0, 0.05) is 11.5 Å². The molecule has 0 saturated carbocycles. The van der Waals surface area contributed by atoms with Gasteiger partial charge < -0.3 is 5.32 Å². The highest BCUT2D eigenvalue weighted by molar-refractivity contribution is 9.10. The number of nitrogens with one attached hydrogen (secondary N) is 3. The summed E-state index contributed by atoms with van der Waals surface area (Å²) in [7, 11) is 1.73. The van der Waals surface area contributed by atoms with Crippen LogP contribution < -0.4 is 16.2 Å². The van der Waals surface area contributed by atoms with E-state index in [1.807, 2.05) is 31.2 Å². The van der Waals surface area contributed by atoms with E-state index in [0.717, 1.165) is 10.2 Å². The van der Waals surface area contributed by atoms with Crippen LogP contribution in [-0.2, 0) is 0 Å². The van der Waals surface area contributed by atoms with E-state index in [4.69, 9.17) is 12.2 Å². The molecule has 3 N–H and O–H groups in total. The number of nitrogens with zero attached hydrogens (tertiary/aromatic N) is 2. The van der Waals surface area contributed by atoms with E-state index < -0.39 is 0 Å². The van der Waals surface area contributed by atoms with Crippen LogP contribution in [0.1, 0.15) is 6.92 Å². The standard InChI is InChI=1S/C11H14BrN5S/c1-8(15-17-11(18)13-2)7-14-16-10-5-3-9(12)4-6-10/h3-7,16H,1-2H3,(H2,13,17,18). The minimum absolute atomic E-state index is 0.462. The molecule has 5 nitrogen and oxygen atoms in total. The molecule has 0 aliphatic heterocycles. The summed E-state index contributed by atoms with van der Waals surface area (Å²) < 4.78 is 1.03. The number of hydrazone groups is 2. The molecule has 0 bridgehead atoms. The summed E-state index contributed by atoms with van der Waals surface area (Å²) in [5, 5.41) is 11.3. The molecule has 96 valence electrons. The molecule has 0 spiro atoms. The van der Waals surface area contributed by atoms with Gasteiger partial charge in [0.05, 0.1) is 17.6 Å². The van der Waals surface area contributed by atoms with Gasteiger partial charge in [-0.25, -0.2) is 0 Å². The number of halogens is 1. The Labute approximate surface area is 120 Å². The summed E-state index contributed by atoms with van der Waals surface area (Å²) in [5.74, 6) is 0. The van der Waals surface area contributed by atoms with Crippen molar-refractivity contribution in [1.29, 1.82) is 0 Å². The van der Waals surface area contributed by atoms with E-state index in [1.54, 1.807) is 13.3 Å². The number of hydrogen-bond acceptors (Lipinski definition) is 4. The first-order chi connectivity index (χ1) is 8.61. The average molecular weight is 328 g/mol. The molecular weight excluding hydrogens is 314 g/mol. The lowest BCUT2D eigenvalue weighted by atomic mass is 10.3. The highest BCUT2D eigenvalue weighted by Gasteiger charge is 1.90. The summed E-state index contributed by atoms with van der Waals surface area (Å²) in [5.41, 5.74) is 7.18. The molecule has 0 saturated heterocycles. The monoisotopic (exact) mass is 327 g/mol. The van der Waals surface area contributed by atoms with Gasteiger partial charge in [0.1, 0.15) is 0 Å². The summed E-state index contributed by atoms with van der Waals surface area (Å²) >= 11 is 8.25. The maximum atomic E-state index is 4.88. The predicted octanol–water partition coefficient (Wildman–Crippen LogP) is 2.32. The van der Waals surface area contributed by atoms with Crippen molar-refractivity contribution in [3.05, 3.63) is 28.7 Å². The number of thiocarbonyl (C=S) groups is 1. The van der Waals surface area contributed by atoms with Gasteiger partial charge in [-0.15, -0.1) is 0 Å². The van der Waals surface area contributed by atoms with Crippen molar-refractivity contribution in [3.8, 4) is 0 Å². The third-order valence-corrected chi connectivity index (χ3v) is 2.67.